The molecule has 20 heavy (non-hydrogen) atoms. The second kappa shape index (κ2) is 5.81. The first-order valence-electron chi connectivity index (χ1n) is 7.46. The van der Waals surface area contributed by atoms with E-state index < -0.39 is 0 Å². The van der Waals surface area contributed by atoms with Gasteiger partial charge in [0.05, 0.1) is 0 Å². The van der Waals surface area contributed by atoms with Gasteiger partial charge in [0.2, 0.25) is 0 Å². The van der Waals surface area contributed by atoms with E-state index in [-0.39, 0.29) is 17.4 Å². The van der Waals surface area contributed by atoms with Crippen molar-refractivity contribution in [2.45, 2.75) is 52.5 Å². The van der Waals surface area contributed by atoms with E-state index in [0.29, 0.717) is 5.56 Å². The zero-order chi connectivity index (χ0) is 14.8. The fraction of sp³-hybridized carbons (Fsp3) is 0.625. The second-order valence-electron chi connectivity index (χ2n) is 6.24. The van der Waals surface area contributed by atoms with E-state index in [1.54, 1.807) is 0 Å². The maximum absolute atomic E-state index is 12.5. The van der Waals surface area contributed by atoms with Gasteiger partial charge in [-0.1, -0.05) is 27.2 Å². The normalized spacial score (nSPS) is 20.7. The van der Waals surface area contributed by atoms with Gasteiger partial charge < -0.3 is 10.6 Å². The molecule has 4 nitrogen and oxygen atoms in total. The van der Waals surface area contributed by atoms with Gasteiger partial charge >= 0.3 is 0 Å². The van der Waals surface area contributed by atoms with E-state index >= 15 is 0 Å². The first kappa shape index (κ1) is 14.8. The van der Waals surface area contributed by atoms with E-state index in [9.17, 15) is 4.79 Å². The minimum absolute atomic E-state index is 0.0126. The summed E-state index contributed by atoms with van der Waals surface area (Å²) in [6, 6.07) is 3.97. The lowest BCUT2D eigenvalue weighted by Gasteiger charge is -2.27. The number of nitrogens with one attached hydrogen (secondary N) is 2. The molecule has 1 aromatic heterocycles. The molecule has 2 rings (SSSR count). The van der Waals surface area contributed by atoms with E-state index in [1.165, 1.54) is 12.8 Å². The average Bonchev–Trinajstić information content (AvgIpc) is 2.77. The lowest BCUT2D eigenvalue weighted by Crippen LogP contribution is -2.41. The van der Waals surface area contributed by atoms with Crippen LogP contribution in [0.1, 0.15) is 56.1 Å². The summed E-state index contributed by atoms with van der Waals surface area (Å²) in [4.78, 5) is 16.9. The Kier molecular flexibility index (Phi) is 4.31. The summed E-state index contributed by atoms with van der Waals surface area (Å²) < 4.78 is 0. The highest BCUT2D eigenvalue weighted by Gasteiger charge is 2.35. The number of anilines is 1. The molecule has 1 heterocycles. The Bertz CT molecular complexity index is 474. The number of carbonyl (C=O) groups excluding carboxylic acids is 1. The number of amides is 1. The van der Waals surface area contributed by atoms with Gasteiger partial charge in [-0.25, -0.2) is 4.98 Å². The molecular formula is C16H25N3O. The van der Waals surface area contributed by atoms with Crippen molar-refractivity contribution in [3.63, 3.8) is 0 Å². The van der Waals surface area contributed by atoms with Crippen LogP contribution in [0.3, 0.4) is 0 Å². The highest BCUT2D eigenvalue weighted by molar-refractivity contribution is 5.95. The number of aryl methyl sites for hydroxylation is 1. The average molecular weight is 275 g/mol. The number of hydrogen-bond acceptors (Lipinski definition) is 3. The van der Waals surface area contributed by atoms with Crippen LogP contribution >= 0.6 is 0 Å². The van der Waals surface area contributed by atoms with Crippen LogP contribution < -0.4 is 10.6 Å². The van der Waals surface area contributed by atoms with Gasteiger partial charge in [0, 0.05) is 24.3 Å². The van der Waals surface area contributed by atoms with Crippen molar-refractivity contribution in [1.29, 1.82) is 0 Å². The van der Waals surface area contributed by atoms with Crippen molar-refractivity contribution in [3.8, 4) is 0 Å². The van der Waals surface area contributed by atoms with Crippen LogP contribution in [0.15, 0.2) is 12.1 Å². The van der Waals surface area contributed by atoms with E-state index in [2.05, 4.69) is 29.5 Å². The Hall–Kier alpha value is -1.58. The Morgan fingerprint density at radius 3 is 2.75 bits per heavy atom. The lowest BCUT2D eigenvalue weighted by atomic mass is 9.87. The molecule has 1 aliphatic carbocycles. The van der Waals surface area contributed by atoms with Crippen molar-refractivity contribution in [1.82, 2.24) is 10.3 Å². The first-order valence-corrected chi connectivity index (χ1v) is 7.46. The summed E-state index contributed by atoms with van der Waals surface area (Å²) in [7, 11) is 1.82. The highest BCUT2D eigenvalue weighted by atomic mass is 16.1. The predicted octanol–water partition coefficient (Wildman–Crippen LogP) is 2.99. The molecule has 0 aromatic carbocycles. The molecule has 1 unspecified atom stereocenters. The Morgan fingerprint density at radius 2 is 2.20 bits per heavy atom. The topological polar surface area (TPSA) is 54.0 Å². The molecule has 2 N–H and O–H groups in total. The van der Waals surface area contributed by atoms with Crippen LogP contribution in [0.2, 0.25) is 0 Å². The van der Waals surface area contributed by atoms with E-state index in [4.69, 9.17) is 0 Å². The van der Waals surface area contributed by atoms with Crippen LogP contribution in [-0.2, 0) is 6.42 Å². The van der Waals surface area contributed by atoms with Gasteiger partial charge in [0.1, 0.15) is 5.82 Å². The summed E-state index contributed by atoms with van der Waals surface area (Å²) in [5.74, 6) is 0.763. The Labute approximate surface area is 121 Å². The SMILES string of the molecule is CCc1cc(C(=O)NC2CCCC2(C)C)cc(NC)n1. The smallest absolute Gasteiger partial charge is 0.251 e. The van der Waals surface area contributed by atoms with Gasteiger partial charge in [0.15, 0.2) is 0 Å². The van der Waals surface area contributed by atoms with Gasteiger partial charge in [-0.15, -0.1) is 0 Å². The number of pyridine rings is 1. The maximum atomic E-state index is 12.5. The van der Waals surface area contributed by atoms with Crippen LogP contribution in [0.5, 0.6) is 0 Å². The molecule has 0 radical (unpaired) electrons. The number of rotatable bonds is 4. The zero-order valence-corrected chi connectivity index (χ0v) is 12.9. The largest absolute Gasteiger partial charge is 0.373 e. The number of aromatic nitrogens is 1. The van der Waals surface area contributed by atoms with Crippen molar-refractivity contribution in [2.75, 3.05) is 12.4 Å². The third-order valence-corrected chi connectivity index (χ3v) is 4.32. The van der Waals surface area contributed by atoms with E-state index in [1.807, 2.05) is 26.1 Å². The summed E-state index contributed by atoms with van der Waals surface area (Å²) in [6.07, 6.45) is 4.26. The van der Waals surface area contributed by atoms with Crippen LogP contribution in [0.4, 0.5) is 5.82 Å². The molecular weight excluding hydrogens is 250 g/mol. The van der Waals surface area contributed by atoms with Gasteiger partial charge in [-0.2, -0.15) is 0 Å². The molecule has 1 saturated carbocycles. The third kappa shape index (κ3) is 3.11. The summed E-state index contributed by atoms with van der Waals surface area (Å²) in [5.41, 5.74) is 1.83. The fourth-order valence-electron chi connectivity index (χ4n) is 2.86. The van der Waals surface area contributed by atoms with E-state index in [0.717, 1.165) is 24.4 Å². The molecule has 0 spiro atoms. The molecule has 1 fully saturated rings. The first-order chi connectivity index (χ1) is 9.46. The molecule has 0 aliphatic heterocycles. The molecule has 1 amide bonds. The fourth-order valence-corrected chi connectivity index (χ4v) is 2.86. The van der Waals surface area contributed by atoms with Gasteiger partial charge in [0.25, 0.3) is 5.91 Å². The van der Waals surface area contributed by atoms with Crippen molar-refractivity contribution in [3.05, 3.63) is 23.4 Å². The van der Waals surface area contributed by atoms with Crippen LogP contribution in [0.25, 0.3) is 0 Å². The lowest BCUT2D eigenvalue weighted by molar-refractivity contribution is 0.0910. The van der Waals surface area contributed by atoms with Crippen molar-refractivity contribution >= 4 is 11.7 Å². The molecule has 0 saturated heterocycles. The Balaban J connectivity index is 2.16. The molecule has 0 bridgehead atoms. The standard InChI is InChI=1S/C16H25N3O/c1-5-12-9-11(10-14(17-4)18-12)15(20)19-13-7-6-8-16(13,2)3/h9-10,13H,5-8H2,1-4H3,(H,17,18)(H,19,20). The number of carbonyl (C=O) groups is 1. The highest BCUT2D eigenvalue weighted by Crippen LogP contribution is 2.37. The molecule has 1 aliphatic rings. The van der Waals surface area contributed by atoms with Crippen LogP contribution in [0, 0.1) is 5.41 Å². The summed E-state index contributed by atoms with van der Waals surface area (Å²) in [5, 5.41) is 6.21. The quantitative estimate of drug-likeness (QED) is 0.888. The molecule has 4 heteroatoms. The second-order valence-corrected chi connectivity index (χ2v) is 6.24. The summed E-state index contributed by atoms with van der Waals surface area (Å²) >= 11 is 0. The Morgan fingerprint density at radius 1 is 1.45 bits per heavy atom. The van der Waals surface area contributed by atoms with Crippen molar-refractivity contribution < 1.29 is 4.79 Å². The molecule has 1 aromatic rings. The minimum atomic E-state index is 0.0126. The predicted molar refractivity (Wildman–Crippen MR) is 82.0 cm³/mol. The maximum Gasteiger partial charge on any atom is 0.251 e. The van der Waals surface area contributed by atoms with Crippen molar-refractivity contribution in [2.24, 2.45) is 5.41 Å². The molecule has 110 valence electrons. The van der Waals surface area contributed by atoms with Gasteiger partial charge in [-0.05, 0) is 36.8 Å². The third-order valence-electron chi connectivity index (χ3n) is 4.32. The summed E-state index contributed by atoms with van der Waals surface area (Å²) in [6.45, 7) is 6.51. The minimum Gasteiger partial charge on any atom is -0.373 e. The number of nitrogens with zero attached hydrogens (tertiary/aromatic N) is 1. The molecule has 1 atom stereocenters. The van der Waals surface area contributed by atoms with Crippen LogP contribution in [-0.4, -0.2) is 24.0 Å². The zero-order valence-electron chi connectivity index (χ0n) is 12.9. The number of hydrogen-bond donors (Lipinski definition) is 2. The monoisotopic (exact) mass is 275 g/mol. The van der Waals surface area contributed by atoms with Gasteiger partial charge in [-0.3, -0.25) is 4.79 Å².